The number of amides is 1. The molecule has 1 atom stereocenters. The topological polar surface area (TPSA) is 76.8 Å². The summed E-state index contributed by atoms with van der Waals surface area (Å²) in [7, 11) is 0. The molecule has 1 saturated heterocycles. The van der Waals surface area contributed by atoms with Gasteiger partial charge in [0, 0.05) is 24.2 Å². The van der Waals surface area contributed by atoms with Crippen molar-refractivity contribution in [1.82, 2.24) is 4.90 Å². The largest absolute Gasteiger partial charge is 0.455 e. The molecular formula is C24H23NO5. The number of carbonyl (C=O) groups excluding carboxylic acids is 2. The number of fused-ring (bicyclic) bond motifs is 1. The van der Waals surface area contributed by atoms with Gasteiger partial charge in [-0.25, -0.2) is 4.79 Å². The summed E-state index contributed by atoms with van der Waals surface area (Å²) in [4.78, 5) is 40.0. The van der Waals surface area contributed by atoms with Crippen molar-refractivity contribution in [3.05, 3.63) is 69.9 Å². The quantitative estimate of drug-likeness (QED) is 0.615. The van der Waals surface area contributed by atoms with E-state index in [2.05, 4.69) is 0 Å². The van der Waals surface area contributed by atoms with Crippen molar-refractivity contribution in [3.8, 4) is 11.3 Å². The van der Waals surface area contributed by atoms with Crippen molar-refractivity contribution in [2.45, 2.75) is 32.8 Å². The van der Waals surface area contributed by atoms with Crippen LogP contribution in [0.1, 0.15) is 35.7 Å². The number of esters is 1. The van der Waals surface area contributed by atoms with Gasteiger partial charge in [-0.05, 0) is 38.8 Å². The summed E-state index contributed by atoms with van der Waals surface area (Å²) >= 11 is 0. The fourth-order valence-corrected chi connectivity index (χ4v) is 3.80. The van der Waals surface area contributed by atoms with E-state index in [4.69, 9.17) is 9.15 Å². The summed E-state index contributed by atoms with van der Waals surface area (Å²) in [6.07, 6.45) is 1.02. The number of benzene rings is 2. The molecule has 2 aromatic carbocycles. The smallest absolute Gasteiger partial charge is 0.342 e. The first-order valence-corrected chi connectivity index (χ1v) is 10.1. The number of hydrogen-bond donors (Lipinski definition) is 0. The second kappa shape index (κ2) is 8.14. The van der Waals surface area contributed by atoms with Gasteiger partial charge in [-0.2, -0.15) is 0 Å². The van der Waals surface area contributed by atoms with Crippen molar-refractivity contribution in [2.75, 3.05) is 13.1 Å². The minimum absolute atomic E-state index is 0.128. The van der Waals surface area contributed by atoms with E-state index >= 15 is 0 Å². The van der Waals surface area contributed by atoms with Crippen LogP contribution in [0.15, 0.2) is 57.7 Å². The summed E-state index contributed by atoms with van der Waals surface area (Å²) in [6.45, 7) is 4.64. The van der Waals surface area contributed by atoms with E-state index in [1.54, 1.807) is 36.9 Å². The Morgan fingerprint density at radius 2 is 1.73 bits per heavy atom. The van der Waals surface area contributed by atoms with Crippen LogP contribution in [-0.4, -0.2) is 36.0 Å². The minimum Gasteiger partial charge on any atom is -0.455 e. The van der Waals surface area contributed by atoms with Gasteiger partial charge in [0.05, 0.1) is 5.39 Å². The molecule has 1 aliphatic rings. The monoisotopic (exact) mass is 405 g/mol. The molecule has 6 heteroatoms. The molecule has 0 saturated carbocycles. The van der Waals surface area contributed by atoms with E-state index < -0.39 is 12.1 Å². The van der Waals surface area contributed by atoms with Crippen molar-refractivity contribution >= 4 is 22.8 Å². The molecule has 0 spiro atoms. The van der Waals surface area contributed by atoms with E-state index in [-0.39, 0.29) is 22.5 Å². The molecule has 6 nitrogen and oxygen atoms in total. The maximum Gasteiger partial charge on any atom is 0.342 e. The first-order chi connectivity index (χ1) is 14.5. The Balaban J connectivity index is 1.72. The van der Waals surface area contributed by atoms with Gasteiger partial charge in [-0.3, -0.25) is 9.59 Å². The minimum atomic E-state index is -0.906. The Morgan fingerprint density at radius 1 is 1.03 bits per heavy atom. The number of carbonyl (C=O) groups is 2. The van der Waals surface area contributed by atoms with Gasteiger partial charge in [-0.1, -0.05) is 36.4 Å². The van der Waals surface area contributed by atoms with Crippen LogP contribution in [-0.2, 0) is 9.53 Å². The zero-order chi connectivity index (χ0) is 21.3. The van der Waals surface area contributed by atoms with E-state index in [1.165, 1.54) is 0 Å². The number of ether oxygens (including phenoxy) is 1. The SMILES string of the molecule is Cc1c(-c2ccccc2)oc2c(C(=O)OC(C)C(=O)N3CCCC3)cccc2c1=O. The average molecular weight is 405 g/mol. The van der Waals surface area contributed by atoms with Gasteiger partial charge in [0.2, 0.25) is 0 Å². The van der Waals surface area contributed by atoms with Crippen molar-refractivity contribution in [3.63, 3.8) is 0 Å². The Hall–Kier alpha value is -3.41. The molecule has 30 heavy (non-hydrogen) atoms. The van der Waals surface area contributed by atoms with Gasteiger partial charge in [0.15, 0.2) is 17.1 Å². The van der Waals surface area contributed by atoms with Crippen molar-refractivity contribution in [2.24, 2.45) is 0 Å². The van der Waals surface area contributed by atoms with Crippen LogP contribution in [0.2, 0.25) is 0 Å². The number of para-hydroxylation sites is 1. The first-order valence-electron chi connectivity index (χ1n) is 10.1. The molecule has 1 unspecified atom stereocenters. The highest BCUT2D eigenvalue weighted by Gasteiger charge is 2.27. The second-order valence-corrected chi connectivity index (χ2v) is 7.51. The fraction of sp³-hybridized carbons (Fsp3) is 0.292. The molecule has 1 fully saturated rings. The highest BCUT2D eigenvalue weighted by atomic mass is 16.5. The second-order valence-electron chi connectivity index (χ2n) is 7.51. The van der Waals surface area contributed by atoms with Gasteiger partial charge in [0.25, 0.3) is 5.91 Å². The lowest BCUT2D eigenvalue weighted by Gasteiger charge is -2.20. The van der Waals surface area contributed by atoms with Crippen molar-refractivity contribution in [1.29, 1.82) is 0 Å². The summed E-state index contributed by atoms with van der Waals surface area (Å²) in [6, 6.07) is 14.0. The number of likely N-dealkylation sites (tertiary alicyclic amines) is 1. The third-order valence-corrected chi connectivity index (χ3v) is 5.45. The summed E-state index contributed by atoms with van der Waals surface area (Å²) in [5.74, 6) is -0.482. The van der Waals surface area contributed by atoms with Crippen LogP contribution in [0.4, 0.5) is 0 Å². The summed E-state index contributed by atoms with van der Waals surface area (Å²) in [5, 5.41) is 0.306. The van der Waals surface area contributed by atoms with Crippen LogP contribution >= 0.6 is 0 Å². The Morgan fingerprint density at radius 3 is 2.43 bits per heavy atom. The zero-order valence-corrected chi connectivity index (χ0v) is 17.0. The van der Waals surface area contributed by atoms with Crippen LogP contribution < -0.4 is 5.43 Å². The molecular weight excluding hydrogens is 382 g/mol. The summed E-state index contributed by atoms with van der Waals surface area (Å²) in [5.41, 5.74) is 1.30. The molecule has 1 amide bonds. The van der Waals surface area contributed by atoms with Crippen LogP contribution in [0, 0.1) is 6.92 Å². The van der Waals surface area contributed by atoms with Crippen LogP contribution in [0.25, 0.3) is 22.3 Å². The van der Waals surface area contributed by atoms with E-state index in [0.29, 0.717) is 29.8 Å². The lowest BCUT2D eigenvalue weighted by atomic mass is 10.0. The Bertz CT molecular complexity index is 1160. The first kappa shape index (κ1) is 19.9. The normalized spacial score (nSPS) is 14.7. The highest BCUT2D eigenvalue weighted by Crippen LogP contribution is 2.27. The van der Waals surface area contributed by atoms with E-state index in [0.717, 1.165) is 18.4 Å². The molecule has 0 radical (unpaired) electrons. The fourth-order valence-electron chi connectivity index (χ4n) is 3.80. The van der Waals surface area contributed by atoms with E-state index in [9.17, 15) is 14.4 Å². The van der Waals surface area contributed by atoms with Gasteiger partial charge < -0.3 is 14.1 Å². The summed E-state index contributed by atoms with van der Waals surface area (Å²) < 4.78 is 11.5. The molecule has 4 rings (SSSR count). The number of nitrogens with zero attached hydrogens (tertiary/aromatic N) is 1. The average Bonchev–Trinajstić information content (AvgIpc) is 3.30. The number of rotatable bonds is 4. The molecule has 154 valence electrons. The standard InChI is InChI=1S/C24H23NO5/c1-15-20(26)18-11-8-12-19(22(18)30-21(15)17-9-4-3-5-10-17)24(28)29-16(2)23(27)25-13-6-7-14-25/h3-5,8-12,16H,6-7,13-14H2,1-2H3. The Kier molecular flexibility index (Phi) is 5.40. The predicted octanol–water partition coefficient (Wildman–Crippen LogP) is 3.94. The molecule has 0 aliphatic carbocycles. The molecule has 2 heterocycles. The molecule has 0 N–H and O–H groups in total. The third-order valence-electron chi connectivity index (χ3n) is 5.45. The molecule has 1 aliphatic heterocycles. The van der Waals surface area contributed by atoms with Gasteiger partial charge in [0.1, 0.15) is 11.3 Å². The maximum absolute atomic E-state index is 12.9. The highest BCUT2D eigenvalue weighted by molar-refractivity contribution is 6.03. The third kappa shape index (κ3) is 3.61. The van der Waals surface area contributed by atoms with Gasteiger partial charge in [-0.15, -0.1) is 0 Å². The number of hydrogen-bond acceptors (Lipinski definition) is 5. The maximum atomic E-state index is 12.9. The van der Waals surface area contributed by atoms with E-state index in [1.807, 2.05) is 30.3 Å². The predicted molar refractivity (Wildman–Crippen MR) is 113 cm³/mol. The van der Waals surface area contributed by atoms with Gasteiger partial charge >= 0.3 is 5.97 Å². The molecule has 0 bridgehead atoms. The molecule has 1 aromatic heterocycles. The van der Waals surface area contributed by atoms with Crippen molar-refractivity contribution < 1.29 is 18.7 Å². The van der Waals surface area contributed by atoms with Crippen LogP contribution in [0.3, 0.4) is 0 Å². The van der Waals surface area contributed by atoms with Crippen LogP contribution in [0.5, 0.6) is 0 Å². The zero-order valence-electron chi connectivity index (χ0n) is 17.0. The molecule has 3 aromatic rings. The lowest BCUT2D eigenvalue weighted by Crippen LogP contribution is -2.38. The Labute approximate surface area is 174 Å². The lowest BCUT2D eigenvalue weighted by molar-refractivity contribution is -0.138.